The molecule has 192 valence electrons. The molecule has 0 unspecified atom stereocenters. The molecule has 6 aromatic rings. The molecule has 8 nitrogen and oxygen atoms in total. The monoisotopic (exact) mass is 594 g/mol. The zero-order valence-corrected chi connectivity index (χ0v) is 22.8. The summed E-state index contributed by atoms with van der Waals surface area (Å²) in [7, 11) is 3.29. The fourth-order valence-corrected chi connectivity index (χ4v) is 4.38. The van der Waals surface area contributed by atoms with Crippen LogP contribution >= 0.6 is 0 Å². The van der Waals surface area contributed by atoms with Crippen LogP contribution in [-0.4, -0.2) is 43.3 Å². The fourth-order valence-electron chi connectivity index (χ4n) is 4.38. The molecule has 0 saturated carbocycles. The van der Waals surface area contributed by atoms with E-state index in [4.69, 9.17) is 19.4 Å². The Kier molecular flexibility index (Phi) is 6.74. The molecular formula is C29H24N6O2Pd. The molecule has 0 saturated heterocycles. The van der Waals surface area contributed by atoms with Gasteiger partial charge in [0, 0.05) is 52.6 Å². The largest absolute Gasteiger partial charge is 2.00 e. The third kappa shape index (κ3) is 4.34. The Hall–Kier alpha value is -4.06. The second-order valence-electron chi connectivity index (χ2n) is 9.18. The van der Waals surface area contributed by atoms with Crippen LogP contribution in [0.4, 0.5) is 0 Å². The number of hydrogen-bond donors (Lipinski definition) is 0. The maximum Gasteiger partial charge on any atom is 2.00 e. The van der Waals surface area contributed by atoms with Crippen molar-refractivity contribution in [1.82, 2.24) is 29.1 Å². The summed E-state index contributed by atoms with van der Waals surface area (Å²) in [4.78, 5) is 19.1. The van der Waals surface area contributed by atoms with Gasteiger partial charge in [-0.2, -0.15) is 0 Å². The zero-order valence-electron chi connectivity index (χ0n) is 21.2. The van der Waals surface area contributed by atoms with E-state index in [-0.39, 0.29) is 20.4 Å². The average molecular weight is 595 g/mol. The average Bonchev–Trinajstić information content (AvgIpc) is 3.57. The van der Waals surface area contributed by atoms with Crippen molar-refractivity contribution in [2.45, 2.75) is 19.3 Å². The molecule has 6 heterocycles. The number of rotatable bonds is 6. The summed E-state index contributed by atoms with van der Waals surface area (Å²) in [6.07, 6.45) is 10.0. The summed E-state index contributed by atoms with van der Waals surface area (Å²) in [5.41, 5.74) is 2.49. The van der Waals surface area contributed by atoms with Crippen molar-refractivity contribution >= 4 is 22.1 Å². The molecule has 0 atom stereocenters. The number of methoxy groups -OCH3 is 2. The number of aromatic nitrogens is 6. The van der Waals surface area contributed by atoms with Crippen LogP contribution in [0.3, 0.4) is 0 Å². The van der Waals surface area contributed by atoms with E-state index < -0.39 is 5.41 Å². The summed E-state index contributed by atoms with van der Waals surface area (Å²) >= 11 is 0. The summed E-state index contributed by atoms with van der Waals surface area (Å²) < 4.78 is 15.0. The van der Waals surface area contributed by atoms with Crippen LogP contribution in [-0.2, 0) is 25.8 Å². The van der Waals surface area contributed by atoms with E-state index in [0.717, 1.165) is 33.5 Å². The SMILES string of the molecule is COc1cc(-n2[c-]cc3cccnc32)nc(C(C)(C)c2cc(OC)cc(-n3[c-]cc4cccnc43)n2)c1.[Pd+2]. The van der Waals surface area contributed by atoms with E-state index in [2.05, 4.69) is 36.2 Å². The van der Waals surface area contributed by atoms with Gasteiger partial charge >= 0.3 is 20.4 Å². The standard InChI is InChI=1S/C29H24N6O2.Pd/c1-29(2,23-15-21(36-3)17-25(32-23)34-13-9-19-7-5-11-30-27(19)34)24-16-22(37-4)18-26(33-24)35-14-10-20-8-6-12-31-28(20)35;/h5-12,15-18H,1-4H3;/q-2;+2. The normalized spacial score (nSPS) is 11.5. The molecule has 0 aliphatic heterocycles. The van der Waals surface area contributed by atoms with Gasteiger partial charge in [0.1, 0.15) is 11.5 Å². The van der Waals surface area contributed by atoms with Gasteiger partial charge in [0.05, 0.1) is 25.9 Å². The molecule has 9 heteroatoms. The zero-order chi connectivity index (χ0) is 25.6. The van der Waals surface area contributed by atoms with Crippen LogP contribution in [0.2, 0.25) is 0 Å². The molecular weight excluding hydrogens is 571 g/mol. The van der Waals surface area contributed by atoms with Crippen LogP contribution < -0.4 is 9.47 Å². The first-order valence-corrected chi connectivity index (χ1v) is 11.8. The molecule has 6 aromatic heterocycles. The number of hydrogen-bond acceptors (Lipinski definition) is 6. The fraction of sp³-hybridized carbons (Fsp3) is 0.172. The van der Waals surface area contributed by atoms with Crippen molar-refractivity contribution in [1.29, 1.82) is 0 Å². The molecule has 0 radical (unpaired) electrons. The molecule has 0 bridgehead atoms. The molecule has 38 heavy (non-hydrogen) atoms. The van der Waals surface area contributed by atoms with Gasteiger partial charge < -0.3 is 18.6 Å². The third-order valence-electron chi connectivity index (χ3n) is 6.54. The Labute approximate surface area is 234 Å². The topological polar surface area (TPSA) is 79.9 Å². The van der Waals surface area contributed by atoms with Gasteiger partial charge in [0.2, 0.25) is 0 Å². The minimum Gasteiger partial charge on any atom is -0.497 e. The first kappa shape index (κ1) is 25.6. The first-order valence-electron chi connectivity index (χ1n) is 11.8. The molecule has 6 rings (SSSR count). The minimum atomic E-state index is -0.612. The molecule has 0 amide bonds. The van der Waals surface area contributed by atoms with E-state index in [1.165, 1.54) is 0 Å². The van der Waals surface area contributed by atoms with Gasteiger partial charge in [-0.25, -0.2) is 0 Å². The smallest absolute Gasteiger partial charge is 0.497 e. The van der Waals surface area contributed by atoms with Gasteiger partial charge in [-0.1, -0.05) is 35.3 Å². The van der Waals surface area contributed by atoms with Crippen molar-refractivity contribution in [3.8, 4) is 23.1 Å². The first-order chi connectivity index (χ1) is 18.0. The van der Waals surface area contributed by atoms with E-state index in [0.29, 0.717) is 23.1 Å². The van der Waals surface area contributed by atoms with Crippen molar-refractivity contribution in [2.75, 3.05) is 14.2 Å². The van der Waals surface area contributed by atoms with Crippen LogP contribution in [0.1, 0.15) is 25.2 Å². The number of nitrogens with zero attached hydrogens (tertiary/aromatic N) is 6. The van der Waals surface area contributed by atoms with Crippen LogP contribution in [0.25, 0.3) is 33.7 Å². The van der Waals surface area contributed by atoms with Crippen LogP contribution in [0.5, 0.6) is 11.5 Å². The Morgan fingerprint density at radius 2 is 1.16 bits per heavy atom. The number of ether oxygens (including phenoxy) is 2. The van der Waals surface area contributed by atoms with E-state index in [9.17, 15) is 0 Å². The van der Waals surface area contributed by atoms with Gasteiger partial charge in [-0.05, 0) is 26.0 Å². The summed E-state index contributed by atoms with van der Waals surface area (Å²) in [6.45, 7) is 4.16. The van der Waals surface area contributed by atoms with Gasteiger partial charge in [0.25, 0.3) is 0 Å². The van der Waals surface area contributed by atoms with Crippen molar-refractivity contribution in [3.63, 3.8) is 0 Å². The molecule has 0 spiro atoms. The van der Waals surface area contributed by atoms with Crippen LogP contribution in [0.15, 0.2) is 73.1 Å². The van der Waals surface area contributed by atoms with Crippen LogP contribution in [0, 0.1) is 12.4 Å². The van der Waals surface area contributed by atoms with E-state index in [1.807, 2.05) is 69.8 Å². The predicted octanol–water partition coefficient (Wildman–Crippen LogP) is 5.10. The van der Waals surface area contributed by atoms with Gasteiger partial charge in [0.15, 0.2) is 0 Å². The summed E-state index contributed by atoms with van der Waals surface area (Å²) in [6, 6.07) is 19.2. The Morgan fingerprint density at radius 1 is 0.711 bits per heavy atom. The summed E-state index contributed by atoms with van der Waals surface area (Å²) in [5.74, 6) is 2.67. The second kappa shape index (κ2) is 10.0. The predicted molar refractivity (Wildman–Crippen MR) is 141 cm³/mol. The Bertz CT molecular complexity index is 1630. The molecule has 0 N–H and O–H groups in total. The molecule has 0 aliphatic carbocycles. The Morgan fingerprint density at radius 3 is 1.58 bits per heavy atom. The molecule has 0 aromatic carbocycles. The Balaban J connectivity index is 0.00000294. The quantitative estimate of drug-likeness (QED) is 0.197. The maximum atomic E-state index is 5.66. The molecule has 0 fully saturated rings. The van der Waals surface area contributed by atoms with Gasteiger partial charge in [-0.15, -0.1) is 24.3 Å². The van der Waals surface area contributed by atoms with Crippen molar-refractivity contribution in [2.24, 2.45) is 0 Å². The summed E-state index contributed by atoms with van der Waals surface area (Å²) in [5, 5.41) is 1.96. The number of fused-ring (bicyclic) bond motifs is 2. The van der Waals surface area contributed by atoms with Crippen molar-refractivity contribution in [3.05, 3.63) is 96.8 Å². The van der Waals surface area contributed by atoms with Gasteiger partial charge in [-0.3, -0.25) is 19.9 Å². The number of pyridine rings is 4. The molecule has 0 aliphatic rings. The van der Waals surface area contributed by atoms with Crippen molar-refractivity contribution < 1.29 is 29.9 Å². The van der Waals surface area contributed by atoms with E-state index in [1.54, 1.807) is 26.6 Å². The van der Waals surface area contributed by atoms with E-state index >= 15 is 0 Å². The maximum absolute atomic E-state index is 5.66. The third-order valence-corrected chi connectivity index (χ3v) is 6.54. The minimum absolute atomic E-state index is 0. The second-order valence-corrected chi connectivity index (χ2v) is 9.18.